The number of nitrogens with zero attached hydrogens (tertiary/aromatic N) is 2. The number of esters is 1. The van der Waals surface area contributed by atoms with Crippen molar-refractivity contribution in [1.29, 1.82) is 0 Å². The Kier molecular flexibility index (Phi) is 8.56. The van der Waals surface area contributed by atoms with Gasteiger partial charge in [0.2, 0.25) is 0 Å². The van der Waals surface area contributed by atoms with Crippen LogP contribution in [0, 0.1) is 0 Å². The van der Waals surface area contributed by atoms with Gasteiger partial charge in [-0.1, -0.05) is 0 Å². The molecule has 0 saturated carbocycles. The molecule has 0 bridgehead atoms. The predicted molar refractivity (Wildman–Crippen MR) is 108 cm³/mol. The van der Waals surface area contributed by atoms with E-state index in [0.717, 1.165) is 10.6 Å². The van der Waals surface area contributed by atoms with E-state index in [1.807, 2.05) is 30.5 Å². The number of thioether (sulfide) groups is 1. The van der Waals surface area contributed by atoms with Crippen LogP contribution in [0.3, 0.4) is 0 Å². The number of thiazole rings is 1. The van der Waals surface area contributed by atoms with Gasteiger partial charge in [0.25, 0.3) is 0 Å². The van der Waals surface area contributed by atoms with Gasteiger partial charge in [-0.15, -0.1) is 23.1 Å². The molecule has 2 rings (SSSR count). The van der Waals surface area contributed by atoms with Crippen molar-refractivity contribution in [3.8, 4) is 0 Å². The Hall–Kier alpha value is -2.10. The number of amides is 2. The highest BCUT2D eigenvalue weighted by atomic mass is 32.2. The van der Waals surface area contributed by atoms with E-state index in [4.69, 9.17) is 4.74 Å². The third kappa shape index (κ3) is 6.53. The number of hydrogen-bond acceptors (Lipinski definition) is 7. The fraction of sp³-hybridized carbons (Fsp3) is 0.389. The third-order valence-corrected chi connectivity index (χ3v) is 5.25. The molecular formula is C18H23N3O4S2. The van der Waals surface area contributed by atoms with E-state index in [1.165, 1.54) is 18.4 Å². The molecule has 7 nitrogen and oxygen atoms in total. The number of hydrogen-bond donors (Lipinski definition) is 1. The van der Waals surface area contributed by atoms with Crippen LogP contribution < -0.4 is 5.32 Å². The Morgan fingerprint density at radius 1 is 1.26 bits per heavy atom. The van der Waals surface area contributed by atoms with Crippen LogP contribution >= 0.6 is 23.1 Å². The van der Waals surface area contributed by atoms with E-state index < -0.39 is 5.97 Å². The highest BCUT2D eigenvalue weighted by molar-refractivity contribution is 7.98. The second-order valence-corrected chi connectivity index (χ2v) is 7.37. The first-order chi connectivity index (χ1) is 13.1. The van der Waals surface area contributed by atoms with E-state index in [1.54, 1.807) is 29.2 Å². The summed E-state index contributed by atoms with van der Waals surface area (Å²) in [6.07, 6.45) is 2.70. The number of benzene rings is 1. The summed E-state index contributed by atoms with van der Waals surface area (Å²) in [5.74, 6) is -0.484. The van der Waals surface area contributed by atoms with Gasteiger partial charge in [0, 0.05) is 36.2 Å². The van der Waals surface area contributed by atoms with Crippen LogP contribution in [0.15, 0.2) is 34.5 Å². The van der Waals surface area contributed by atoms with Gasteiger partial charge in [-0.3, -0.25) is 0 Å². The van der Waals surface area contributed by atoms with E-state index in [-0.39, 0.29) is 11.7 Å². The van der Waals surface area contributed by atoms with E-state index in [2.05, 4.69) is 15.0 Å². The highest BCUT2D eigenvalue weighted by Gasteiger charge is 2.18. The molecule has 0 atom stereocenters. The maximum atomic E-state index is 12.7. The first kappa shape index (κ1) is 21.2. The molecule has 0 fully saturated rings. The molecule has 1 aromatic carbocycles. The van der Waals surface area contributed by atoms with Crippen LogP contribution in [0.2, 0.25) is 0 Å². The fourth-order valence-corrected chi connectivity index (χ4v) is 3.46. The van der Waals surface area contributed by atoms with Crippen molar-refractivity contribution in [3.05, 3.63) is 40.3 Å². The van der Waals surface area contributed by atoms with Gasteiger partial charge in [-0.05, 0) is 36.9 Å². The van der Waals surface area contributed by atoms with Gasteiger partial charge < -0.3 is 19.7 Å². The SMILES string of the molecule is COCCCN(Cc1nc(C(=O)OC)cs1)C(=O)Nc1ccc(SC)cc1. The van der Waals surface area contributed by atoms with Crippen LogP contribution in [0.25, 0.3) is 0 Å². The monoisotopic (exact) mass is 409 g/mol. The maximum absolute atomic E-state index is 12.7. The van der Waals surface area contributed by atoms with Crippen LogP contribution in [-0.2, 0) is 16.0 Å². The lowest BCUT2D eigenvalue weighted by atomic mass is 10.3. The fourth-order valence-electron chi connectivity index (χ4n) is 2.27. The van der Waals surface area contributed by atoms with Crippen LogP contribution in [0.5, 0.6) is 0 Å². The number of aromatic nitrogens is 1. The number of carbonyl (C=O) groups excluding carboxylic acids is 2. The maximum Gasteiger partial charge on any atom is 0.357 e. The molecule has 0 spiro atoms. The van der Waals surface area contributed by atoms with E-state index in [0.29, 0.717) is 31.1 Å². The van der Waals surface area contributed by atoms with E-state index >= 15 is 0 Å². The molecule has 1 N–H and O–H groups in total. The minimum absolute atomic E-state index is 0.224. The third-order valence-electron chi connectivity index (χ3n) is 3.68. The number of carbonyl (C=O) groups is 2. The standard InChI is InChI=1S/C18H23N3O4S2/c1-24-10-4-9-21(11-16-20-15(12-27-16)17(22)25-2)18(23)19-13-5-7-14(26-3)8-6-13/h5-8,12H,4,9-11H2,1-3H3,(H,19,23). The van der Waals surface area contributed by atoms with Crippen molar-refractivity contribution in [2.24, 2.45) is 0 Å². The van der Waals surface area contributed by atoms with Crippen molar-refractivity contribution in [1.82, 2.24) is 9.88 Å². The number of anilines is 1. The molecule has 0 aliphatic rings. The minimum Gasteiger partial charge on any atom is -0.464 e. The molecule has 0 aliphatic carbocycles. The quantitative estimate of drug-likeness (QED) is 0.386. The Balaban J connectivity index is 2.06. The lowest BCUT2D eigenvalue weighted by Gasteiger charge is -2.22. The molecule has 0 radical (unpaired) electrons. The lowest BCUT2D eigenvalue weighted by Crippen LogP contribution is -2.35. The summed E-state index contributed by atoms with van der Waals surface area (Å²) in [5.41, 5.74) is 0.978. The Bertz CT molecular complexity index is 749. The van der Waals surface area contributed by atoms with E-state index in [9.17, 15) is 9.59 Å². The molecule has 146 valence electrons. The Labute approximate surface area is 167 Å². The molecule has 27 heavy (non-hydrogen) atoms. The minimum atomic E-state index is -0.484. The molecule has 9 heteroatoms. The summed E-state index contributed by atoms with van der Waals surface area (Å²) in [4.78, 5) is 31.3. The van der Waals surface area contributed by atoms with Crippen molar-refractivity contribution in [2.45, 2.75) is 17.9 Å². The van der Waals surface area contributed by atoms with Gasteiger partial charge in [0.15, 0.2) is 5.69 Å². The molecule has 1 aromatic heterocycles. The number of rotatable bonds is 9. The van der Waals surface area contributed by atoms with Gasteiger partial charge in [-0.2, -0.15) is 0 Å². The average molecular weight is 410 g/mol. The number of methoxy groups -OCH3 is 2. The summed E-state index contributed by atoms with van der Waals surface area (Å²) in [5, 5.41) is 5.20. The average Bonchev–Trinajstić information content (AvgIpc) is 3.16. The Morgan fingerprint density at radius 2 is 2.00 bits per heavy atom. The predicted octanol–water partition coefficient (Wildman–Crippen LogP) is 3.72. The molecule has 0 saturated heterocycles. The largest absolute Gasteiger partial charge is 0.464 e. The molecule has 2 aromatic rings. The smallest absolute Gasteiger partial charge is 0.357 e. The molecule has 0 unspecified atom stereocenters. The second-order valence-electron chi connectivity index (χ2n) is 5.54. The Morgan fingerprint density at radius 3 is 2.63 bits per heavy atom. The zero-order valence-corrected chi connectivity index (χ0v) is 17.2. The highest BCUT2D eigenvalue weighted by Crippen LogP contribution is 2.19. The van der Waals surface area contributed by atoms with Crippen molar-refractivity contribution in [3.63, 3.8) is 0 Å². The van der Waals surface area contributed by atoms with Crippen molar-refractivity contribution in [2.75, 3.05) is 38.9 Å². The summed E-state index contributed by atoms with van der Waals surface area (Å²) in [6.45, 7) is 1.37. The van der Waals surface area contributed by atoms with Gasteiger partial charge in [0.1, 0.15) is 5.01 Å². The summed E-state index contributed by atoms with van der Waals surface area (Å²) >= 11 is 2.96. The van der Waals surface area contributed by atoms with Crippen molar-refractivity contribution < 1.29 is 19.1 Å². The summed E-state index contributed by atoms with van der Waals surface area (Å²) in [7, 11) is 2.94. The first-order valence-electron chi connectivity index (χ1n) is 8.29. The second kappa shape index (κ2) is 10.9. The summed E-state index contributed by atoms with van der Waals surface area (Å²) in [6, 6.07) is 7.43. The van der Waals surface area contributed by atoms with Crippen LogP contribution in [-0.4, -0.2) is 55.5 Å². The van der Waals surface area contributed by atoms with Gasteiger partial charge in [0.05, 0.1) is 13.7 Å². The molecule has 1 heterocycles. The zero-order chi connectivity index (χ0) is 19.6. The number of ether oxygens (including phenoxy) is 2. The van der Waals surface area contributed by atoms with Crippen LogP contribution in [0.1, 0.15) is 21.9 Å². The van der Waals surface area contributed by atoms with Crippen molar-refractivity contribution >= 4 is 40.8 Å². The lowest BCUT2D eigenvalue weighted by molar-refractivity contribution is 0.0594. The number of urea groups is 1. The molecule has 2 amide bonds. The zero-order valence-electron chi connectivity index (χ0n) is 15.6. The molecular weight excluding hydrogens is 386 g/mol. The van der Waals surface area contributed by atoms with Gasteiger partial charge >= 0.3 is 12.0 Å². The summed E-state index contributed by atoms with van der Waals surface area (Å²) < 4.78 is 9.75. The normalized spacial score (nSPS) is 10.5. The topological polar surface area (TPSA) is 80.8 Å². The molecule has 0 aliphatic heterocycles. The first-order valence-corrected chi connectivity index (χ1v) is 10.4. The van der Waals surface area contributed by atoms with Gasteiger partial charge in [-0.25, -0.2) is 14.6 Å². The number of nitrogens with one attached hydrogen (secondary N) is 1. The van der Waals surface area contributed by atoms with Crippen LogP contribution in [0.4, 0.5) is 10.5 Å².